The van der Waals surface area contributed by atoms with Gasteiger partial charge < -0.3 is 5.32 Å². The third-order valence-corrected chi connectivity index (χ3v) is 5.26. The van der Waals surface area contributed by atoms with E-state index in [1.807, 2.05) is 24.6 Å². The van der Waals surface area contributed by atoms with E-state index in [-0.39, 0.29) is 0 Å². The normalized spacial score (nSPS) is 15.1. The zero-order valence-electron chi connectivity index (χ0n) is 9.36. The second kappa shape index (κ2) is 7.14. The molecule has 1 aromatic rings. The Morgan fingerprint density at radius 2 is 2.40 bits per heavy atom. The highest BCUT2D eigenvalue weighted by Gasteiger charge is 2.07. The summed E-state index contributed by atoms with van der Waals surface area (Å²) < 4.78 is 12.8. The van der Waals surface area contributed by atoms with E-state index in [1.54, 1.807) is 11.3 Å². The fourth-order valence-corrected chi connectivity index (χ4v) is 3.66. The van der Waals surface area contributed by atoms with Crippen molar-refractivity contribution in [1.82, 2.24) is 5.32 Å². The molecule has 0 saturated carbocycles. The van der Waals surface area contributed by atoms with Gasteiger partial charge in [-0.2, -0.15) is 0 Å². The largest absolute Gasteiger partial charge is 0.317 e. The van der Waals surface area contributed by atoms with Crippen molar-refractivity contribution >= 4 is 22.1 Å². The van der Waals surface area contributed by atoms with E-state index in [2.05, 4.69) is 12.2 Å². The molecule has 0 aliphatic heterocycles. The van der Waals surface area contributed by atoms with Gasteiger partial charge in [-0.3, -0.25) is 4.21 Å². The minimum atomic E-state index is -0.782. The van der Waals surface area contributed by atoms with E-state index in [0.29, 0.717) is 6.04 Å². The first-order valence-electron chi connectivity index (χ1n) is 5.37. The van der Waals surface area contributed by atoms with Crippen LogP contribution in [0.1, 0.15) is 26.2 Å². The van der Waals surface area contributed by atoms with Gasteiger partial charge in [-0.1, -0.05) is 13.0 Å². The van der Waals surface area contributed by atoms with Crippen LogP contribution in [0.3, 0.4) is 0 Å². The minimum absolute atomic E-state index is 0.574. The average Bonchev–Trinajstić information content (AvgIpc) is 2.77. The lowest BCUT2D eigenvalue weighted by molar-refractivity contribution is 0.503. The number of nitrogens with one attached hydrogen (secondary N) is 1. The van der Waals surface area contributed by atoms with Crippen LogP contribution in [0, 0.1) is 0 Å². The molecule has 15 heavy (non-hydrogen) atoms. The van der Waals surface area contributed by atoms with Gasteiger partial charge in [0.25, 0.3) is 0 Å². The predicted octanol–water partition coefficient (Wildman–Crippen LogP) is 2.63. The van der Waals surface area contributed by atoms with E-state index in [9.17, 15) is 4.21 Å². The fraction of sp³-hybridized carbons (Fsp3) is 0.636. The van der Waals surface area contributed by atoms with Crippen molar-refractivity contribution in [3.8, 4) is 0 Å². The van der Waals surface area contributed by atoms with Crippen molar-refractivity contribution in [3.05, 3.63) is 17.5 Å². The lowest BCUT2D eigenvalue weighted by Crippen LogP contribution is -2.24. The molecule has 0 bridgehead atoms. The molecule has 1 heterocycles. The van der Waals surface area contributed by atoms with Gasteiger partial charge in [0.05, 0.1) is 15.0 Å². The number of hydrogen-bond acceptors (Lipinski definition) is 3. The summed E-state index contributed by atoms with van der Waals surface area (Å²) in [5, 5.41) is 5.25. The van der Waals surface area contributed by atoms with Crippen LogP contribution in [0.15, 0.2) is 21.7 Å². The van der Waals surface area contributed by atoms with E-state index in [4.69, 9.17) is 0 Å². The molecule has 86 valence electrons. The highest BCUT2D eigenvalue weighted by Crippen LogP contribution is 2.15. The Morgan fingerprint density at radius 1 is 1.60 bits per heavy atom. The van der Waals surface area contributed by atoms with E-state index >= 15 is 0 Å². The predicted molar refractivity (Wildman–Crippen MR) is 68.0 cm³/mol. The standard InChI is InChI=1S/C11H19NOS2/c1-3-10(12-2)6-5-9-15(13)11-7-4-8-14-11/h4,7-8,10,12H,3,5-6,9H2,1-2H3. The first-order valence-corrected chi connectivity index (χ1v) is 7.57. The molecule has 0 aliphatic carbocycles. The average molecular weight is 245 g/mol. The maximum Gasteiger partial charge on any atom is 0.0910 e. The van der Waals surface area contributed by atoms with Crippen LogP contribution in [0.25, 0.3) is 0 Å². The summed E-state index contributed by atoms with van der Waals surface area (Å²) in [6.07, 6.45) is 3.29. The van der Waals surface area contributed by atoms with Crippen molar-refractivity contribution in [3.63, 3.8) is 0 Å². The smallest absolute Gasteiger partial charge is 0.0910 e. The molecule has 2 atom stereocenters. The van der Waals surface area contributed by atoms with Gasteiger partial charge in [0, 0.05) is 11.8 Å². The summed E-state index contributed by atoms with van der Waals surface area (Å²) in [7, 11) is 1.21. The SMILES string of the molecule is CCC(CCCS(=O)c1cccs1)NC. The Labute approximate surface area is 98.6 Å². The molecule has 0 fully saturated rings. The van der Waals surface area contributed by atoms with Crippen molar-refractivity contribution in [2.24, 2.45) is 0 Å². The Balaban J connectivity index is 2.23. The van der Waals surface area contributed by atoms with Crippen molar-refractivity contribution < 1.29 is 4.21 Å². The summed E-state index contributed by atoms with van der Waals surface area (Å²) in [6, 6.07) is 4.49. The molecule has 2 nitrogen and oxygen atoms in total. The molecule has 2 unspecified atom stereocenters. The molecule has 4 heteroatoms. The summed E-state index contributed by atoms with van der Waals surface area (Å²) in [5.74, 6) is 0.790. The highest BCUT2D eigenvalue weighted by atomic mass is 32.2. The summed E-state index contributed by atoms with van der Waals surface area (Å²) in [4.78, 5) is 0. The molecule has 0 spiro atoms. The number of hydrogen-bond donors (Lipinski definition) is 1. The lowest BCUT2D eigenvalue weighted by atomic mass is 10.1. The quantitative estimate of drug-likeness (QED) is 0.800. The van der Waals surface area contributed by atoms with Crippen LogP contribution in [0.4, 0.5) is 0 Å². The zero-order valence-corrected chi connectivity index (χ0v) is 11.0. The van der Waals surface area contributed by atoms with E-state index < -0.39 is 10.8 Å². The van der Waals surface area contributed by atoms with Crippen LogP contribution >= 0.6 is 11.3 Å². The van der Waals surface area contributed by atoms with Gasteiger partial charge in [0.2, 0.25) is 0 Å². The molecule has 0 saturated heterocycles. The maximum atomic E-state index is 11.8. The molecular weight excluding hydrogens is 226 g/mol. The zero-order chi connectivity index (χ0) is 11.1. The topological polar surface area (TPSA) is 29.1 Å². The highest BCUT2D eigenvalue weighted by molar-refractivity contribution is 7.87. The summed E-state index contributed by atoms with van der Waals surface area (Å²) in [5.41, 5.74) is 0. The first kappa shape index (κ1) is 12.9. The van der Waals surface area contributed by atoms with Crippen LogP contribution in [0.5, 0.6) is 0 Å². The van der Waals surface area contributed by atoms with Gasteiger partial charge in [-0.25, -0.2) is 0 Å². The molecule has 0 amide bonds. The van der Waals surface area contributed by atoms with Crippen molar-refractivity contribution in [2.75, 3.05) is 12.8 Å². The minimum Gasteiger partial charge on any atom is -0.317 e. The Kier molecular flexibility index (Phi) is 6.13. The maximum absolute atomic E-state index is 11.8. The molecular formula is C11H19NOS2. The monoisotopic (exact) mass is 245 g/mol. The van der Waals surface area contributed by atoms with E-state index in [1.165, 1.54) is 0 Å². The third kappa shape index (κ3) is 4.45. The Bertz CT molecular complexity index is 281. The molecule has 0 radical (unpaired) electrons. The fourth-order valence-electron chi connectivity index (χ4n) is 1.51. The van der Waals surface area contributed by atoms with Gasteiger partial charge in [0.15, 0.2) is 0 Å². The Morgan fingerprint density at radius 3 is 2.93 bits per heavy atom. The van der Waals surface area contributed by atoms with Crippen LogP contribution in [-0.2, 0) is 10.8 Å². The first-order chi connectivity index (χ1) is 7.27. The van der Waals surface area contributed by atoms with Crippen molar-refractivity contribution in [1.29, 1.82) is 0 Å². The summed E-state index contributed by atoms with van der Waals surface area (Å²) >= 11 is 1.59. The van der Waals surface area contributed by atoms with Gasteiger partial charge in [0.1, 0.15) is 0 Å². The van der Waals surface area contributed by atoms with Crippen LogP contribution < -0.4 is 5.32 Å². The lowest BCUT2D eigenvalue weighted by Gasteiger charge is -2.12. The van der Waals surface area contributed by atoms with Gasteiger partial charge in [-0.15, -0.1) is 11.3 Å². The number of rotatable bonds is 7. The van der Waals surface area contributed by atoms with Gasteiger partial charge in [-0.05, 0) is 37.8 Å². The van der Waals surface area contributed by atoms with Gasteiger partial charge >= 0.3 is 0 Å². The second-order valence-electron chi connectivity index (χ2n) is 3.52. The third-order valence-electron chi connectivity index (χ3n) is 2.50. The van der Waals surface area contributed by atoms with Crippen LogP contribution in [-0.4, -0.2) is 23.1 Å². The van der Waals surface area contributed by atoms with Crippen LogP contribution in [0.2, 0.25) is 0 Å². The Hall–Kier alpha value is -0.190. The molecule has 1 aromatic heterocycles. The molecule has 0 aromatic carbocycles. The van der Waals surface area contributed by atoms with Crippen molar-refractivity contribution in [2.45, 2.75) is 36.4 Å². The molecule has 0 aliphatic rings. The molecule has 1 N–H and O–H groups in total. The van der Waals surface area contributed by atoms with E-state index in [0.717, 1.165) is 29.2 Å². The summed E-state index contributed by atoms with van der Waals surface area (Å²) in [6.45, 7) is 2.18. The number of thiophene rings is 1. The molecule has 1 rings (SSSR count). The second-order valence-corrected chi connectivity index (χ2v) is 6.26.